The average Bonchev–Trinajstić information content (AvgIpc) is 2.72. The molecule has 0 aromatic heterocycles. The van der Waals surface area contributed by atoms with Crippen LogP contribution in [-0.4, -0.2) is 34.0 Å². The van der Waals surface area contributed by atoms with E-state index in [1.165, 1.54) is 12.1 Å². The van der Waals surface area contributed by atoms with Crippen LogP contribution in [0.25, 0.3) is 10.8 Å². The van der Waals surface area contributed by atoms with Gasteiger partial charge >= 0.3 is 18.1 Å². The SMILES string of the molecule is FC(F)(F)c1ccccc1.NC(=O)c1ccc(C(N)=O)c2c(C(=O)O)ccc(C(=O)O)c12. The fraction of sp³-hybridized carbons (Fsp3) is 0.0476. The minimum atomic E-state index is -4.21. The van der Waals surface area contributed by atoms with Gasteiger partial charge in [-0.05, 0) is 24.3 Å². The molecule has 11 heteroatoms. The van der Waals surface area contributed by atoms with Crippen LogP contribution in [0.4, 0.5) is 13.2 Å². The van der Waals surface area contributed by atoms with Crippen LogP contribution in [0.5, 0.6) is 0 Å². The zero-order chi connectivity index (χ0) is 24.2. The predicted molar refractivity (Wildman–Crippen MR) is 106 cm³/mol. The zero-order valence-corrected chi connectivity index (χ0v) is 16.0. The highest BCUT2D eigenvalue weighted by Gasteiger charge is 2.29. The van der Waals surface area contributed by atoms with Crippen LogP contribution in [0, 0.1) is 0 Å². The van der Waals surface area contributed by atoms with E-state index in [0.29, 0.717) is 0 Å². The van der Waals surface area contributed by atoms with Crippen LogP contribution in [0.15, 0.2) is 54.6 Å². The summed E-state index contributed by atoms with van der Waals surface area (Å²) in [6.07, 6.45) is -4.21. The predicted octanol–water partition coefficient (Wildman–Crippen LogP) is 3.14. The number of carboxylic acid groups (broad SMARTS) is 2. The van der Waals surface area contributed by atoms with Crippen molar-refractivity contribution in [3.8, 4) is 0 Å². The van der Waals surface area contributed by atoms with Crippen molar-refractivity contribution in [1.29, 1.82) is 0 Å². The molecule has 0 saturated heterocycles. The van der Waals surface area contributed by atoms with Crippen molar-refractivity contribution < 1.29 is 42.6 Å². The van der Waals surface area contributed by atoms with E-state index in [4.69, 9.17) is 11.5 Å². The van der Waals surface area contributed by atoms with Crippen LogP contribution in [0.3, 0.4) is 0 Å². The van der Waals surface area contributed by atoms with Gasteiger partial charge in [0.05, 0.1) is 16.7 Å². The molecule has 0 bridgehead atoms. The van der Waals surface area contributed by atoms with E-state index in [1.54, 1.807) is 6.07 Å². The second-order valence-electron chi connectivity index (χ2n) is 6.27. The quantitative estimate of drug-likeness (QED) is 0.479. The van der Waals surface area contributed by atoms with Crippen molar-refractivity contribution in [3.05, 3.63) is 82.4 Å². The van der Waals surface area contributed by atoms with Gasteiger partial charge in [0.15, 0.2) is 0 Å². The molecule has 0 spiro atoms. The number of rotatable bonds is 4. The van der Waals surface area contributed by atoms with Crippen LogP contribution < -0.4 is 11.5 Å². The van der Waals surface area contributed by atoms with Crippen molar-refractivity contribution in [3.63, 3.8) is 0 Å². The Morgan fingerprint density at radius 1 is 0.625 bits per heavy atom. The standard InChI is InChI=1S/C14H10N2O6.C7H5F3/c15-11(17)5-1-2-6(12(16)18)10-8(14(21)22)4-3-7(9(5)10)13(19)20;8-7(9,10)6-4-2-1-3-5-6/h1-4H,(H2,15,17)(H2,16,18)(H,19,20)(H,21,22);1-5H. The summed E-state index contributed by atoms with van der Waals surface area (Å²) in [5, 5.41) is 18.0. The van der Waals surface area contributed by atoms with Crippen LogP contribution in [0.1, 0.15) is 47.0 Å². The molecule has 0 aliphatic rings. The Labute approximate surface area is 177 Å². The number of hydrogen-bond donors (Lipinski definition) is 4. The minimum absolute atomic E-state index is 0.208. The molecule has 0 heterocycles. The highest BCUT2D eigenvalue weighted by Crippen LogP contribution is 2.30. The number of fused-ring (bicyclic) bond motifs is 1. The number of primary amides is 2. The highest BCUT2D eigenvalue weighted by molar-refractivity contribution is 6.22. The first kappa shape index (κ1) is 23.9. The van der Waals surface area contributed by atoms with Gasteiger partial charge in [0.25, 0.3) is 0 Å². The third kappa shape index (κ3) is 5.01. The number of nitrogens with two attached hydrogens (primary N) is 2. The molecule has 0 atom stereocenters. The number of benzene rings is 3. The largest absolute Gasteiger partial charge is 0.478 e. The summed E-state index contributed by atoms with van der Waals surface area (Å²) < 4.78 is 35.4. The first-order chi connectivity index (χ1) is 14.9. The third-order valence-corrected chi connectivity index (χ3v) is 4.25. The molecule has 0 saturated carbocycles. The summed E-state index contributed by atoms with van der Waals surface area (Å²) in [6.45, 7) is 0. The summed E-state index contributed by atoms with van der Waals surface area (Å²) in [7, 11) is 0. The number of halogens is 3. The minimum Gasteiger partial charge on any atom is -0.478 e. The highest BCUT2D eigenvalue weighted by atomic mass is 19.4. The molecule has 0 radical (unpaired) electrons. The maximum Gasteiger partial charge on any atom is 0.416 e. The number of hydrogen-bond acceptors (Lipinski definition) is 4. The lowest BCUT2D eigenvalue weighted by atomic mass is 9.91. The first-order valence-electron chi connectivity index (χ1n) is 8.64. The van der Waals surface area contributed by atoms with Crippen molar-refractivity contribution in [2.45, 2.75) is 6.18 Å². The van der Waals surface area contributed by atoms with E-state index in [-0.39, 0.29) is 33.0 Å². The van der Waals surface area contributed by atoms with E-state index in [1.807, 2.05) is 0 Å². The fourth-order valence-corrected chi connectivity index (χ4v) is 2.89. The summed E-state index contributed by atoms with van der Waals surface area (Å²) in [5.41, 5.74) is 8.69. The molecular weight excluding hydrogens is 433 g/mol. The van der Waals surface area contributed by atoms with E-state index in [0.717, 1.165) is 36.4 Å². The Morgan fingerprint density at radius 3 is 1.22 bits per heavy atom. The lowest BCUT2D eigenvalue weighted by molar-refractivity contribution is -0.137. The maximum absolute atomic E-state index is 11.8. The van der Waals surface area contributed by atoms with Crippen molar-refractivity contribution >= 4 is 34.5 Å². The molecule has 2 amide bonds. The molecule has 166 valence electrons. The van der Waals surface area contributed by atoms with Crippen molar-refractivity contribution in [2.24, 2.45) is 11.5 Å². The Bertz CT molecular complexity index is 1090. The molecule has 0 unspecified atom stereocenters. The smallest absolute Gasteiger partial charge is 0.416 e. The molecule has 32 heavy (non-hydrogen) atoms. The number of amides is 2. The van der Waals surface area contributed by atoms with Gasteiger partial charge in [0, 0.05) is 21.9 Å². The lowest BCUT2D eigenvalue weighted by Crippen LogP contribution is -2.18. The van der Waals surface area contributed by atoms with Gasteiger partial charge in [-0.1, -0.05) is 30.3 Å². The van der Waals surface area contributed by atoms with E-state index < -0.39 is 35.5 Å². The number of aromatic carboxylic acids is 2. The Morgan fingerprint density at radius 2 is 0.969 bits per heavy atom. The van der Waals surface area contributed by atoms with Crippen LogP contribution in [-0.2, 0) is 6.18 Å². The molecule has 0 fully saturated rings. The molecule has 8 nitrogen and oxygen atoms in total. The van der Waals surface area contributed by atoms with E-state index >= 15 is 0 Å². The van der Waals surface area contributed by atoms with Gasteiger partial charge in [-0.3, -0.25) is 9.59 Å². The molecule has 3 aromatic carbocycles. The summed E-state index contributed by atoms with van der Waals surface area (Å²) >= 11 is 0. The summed E-state index contributed by atoms with van der Waals surface area (Å²) in [4.78, 5) is 45.7. The van der Waals surface area contributed by atoms with Gasteiger partial charge in [-0.25, -0.2) is 9.59 Å². The number of alkyl halides is 3. The van der Waals surface area contributed by atoms with Crippen molar-refractivity contribution in [2.75, 3.05) is 0 Å². The maximum atomic E-state index is 11.8. The summed E-state index contributed by atoms with van der Waals surface area (Å²) in [6, 6.07) is 10.7. The van der Waals surface area contributed by atoms with Gasteiger partial charge in [-0.2, -0.15) is 13.2 Å². The number of carbonyl (C=O) groups is 4. The van der Waals surface area contributed by atoms with Gasteiger partial charge < -0.3 is 21.7 Å². The van der Waals surface area contributed by atoms with Gasteiger partial charge in [0.1, 0.15) is 0 Å². The molecule has 0 aliphatic carbocycles. The van der Waals surface area contributed by atoms with Gasteiger partial charge in [0.2, 0.25) is 11.8 Å². The fourth-order valence-electron chi connectivity index (χ4n) is 2.89. The normalized spacial score (nSPS) is 10.7. The Kier molecular flexibility index (Phi) is 6.83. The van der Waals surface area contributed by atoms with E-state index in [2.05, 4.69) is 0 Å². The topological polar surface area (TPSA) is 161 Å². The molecular formula is C21H15F3N2O6. The number of carbonyl (C=O) groups excluding carboxylic acids is 2. The Hall–Kier alpha value is -4.41. The van der Waals surface area contributed by atoms with Gasteiger partial charge in [-0.15, -0.1) is 0 Å². The van der Waals surface area contributed by atoms with E-state index in [9.17, 15) is 42.6 Å². The van der Waals surface area contributed by atoms with Crippen LogP contribution in [0.2, 0.25) is 0 Å². The molecule has 3 rings (SSSR count). The van der Waals surface area contributed by atoms with Crippen molar-refractivity contribution in [1.82, 2.24) is 0 Å². The first-order valence-corrected chi connectivity index (χ1v) is 8.64. The molecule has 0 aliphatic heterocycles. The zero-order valence-electron chi connectivity index (χ0n) is 16.0. The molecule has 6 N–H and O–H groups in total. The summed E-state index contributed by atoms with van der Waals surface area (Å²) in [5.74, 6) is -4.70. The Balaban J connectivity index is 0.000000303. The number of carboxylic acids is 2. The van der Waals surface area contributed by atoms with Crippen LogP contribution >= 0.6 is 0 Å². The third-order valence-electron chi connectivity index (χ3n) is 4.25. The lowest BCUT2D eigenvalue weighted by Gasteiger charge is -2.12. The second-order valence-corrected chi connectivity index (χ2v) is 6.27. The molecule has 3 aromatic rings. The second kappa shape index (κ2) is 9.16. The average molecular weight is 448 g/mol. The monoisotopic (exact) mass is 448 g/mol.